The number of rotatable bonds is 7. The summed E-state index contributed by atoms with van der Waals surface area (Å²) in [6.07, 6.45) is 5.61. The van der Waals surface area contributed by atoms with Crippen LogP contribution in [-0.2, 0) is 18.4 Å². The van der Waals surface area contributed by atoms with Gasteiger partial charge in [0.15, 0.2) is 0 Å². The van der Waals surface area contributed by atoms with Gasteiger partial charge in [-0.25, -0.2) is 0 Å². The zero-order valence-electron chi connectivity index (χ0n) is 11.0. The highest BCUT2D eigenvalue weighted by Crippen LogP contribution is 1.98. The molecule has 0 aliphatic carbocycles. The Hall–Kier alpha value is -1.29. The van der Waals surface area contributed by atoms with E-state index in [2.05, 4.69) is 29.8 Å². The van der Waals surface area contributed by atoms with Gasteiger partial charge in [0.1, 0.15) is 0 Å². The maximum Gasteiger partial charge on any atom is 0.221 e. The van der Waals surface area contributed by atoms with Gasteiger partial charge >= 0.3 is 0 Å². The summed E-state index contributed by atoms with van der Waals surface area (Å²) in [6, 6.07) is 2.35. The number of carbonyl (C=O) groups excluding carboxylic acids is 1. The van der Waals surface area contributed by atoms with Crippen LogP contribution >= 0.6 is 0 Å². The predicted octanol–water partition coefficient (Wildman–Crippen LogP) is 1.42. The van der Waals surface area contributed by atoms with Crippen molar-refractivity contribution in [3.05, 3.63) is 24.0 Å². The third-order valence-corrected chi connectivity index (χ3v) is 2.77. The molecule has 0 aromatic carbocycles. The molecule has 1 amide bonds. The van der Waals surface area contributed by atoms with E-state index in [1.165, 1.54) is 5.56 Å². The maximum absolute atomic E-state index is 11.5. The van der Waals surface area contributed by atoms with Crippen molar-refractivity contribution in [3.8, 4) is 0 Å². The maximum atomic E-state index is 11.5. The van der Waals surface area contributed by atoms with Gasteiger partial charge in [-0.1, -0.05) is 6.92 Å². The summed E-state index contributed by atoms with van der Waals surface area (Å²) in [4.78, 5) is 11.5. The Morgan fingerprint density at radius 2 is 2.29 bits per heavy atom. The predicted molar refractivity (Wildman–Crippen MR) is 69.6 cm³/mol. The largest absolute Gasteiger partial charge is 0.357 e. The fourth-order valence-corrected chi connectivity index (χ4v) is 1.55. The molecular weight excluding hydrogens is 214 g/mol. The second-order valence-electron chi connectivity index (χ2n) is 4.49. The number of aromatic nitrogens is 1. The molecule has 2 N–H and O–H groups in total. The lowest BCUT2D eigenvalue weighted by Gasteiger charge is -2.11. The molecule has 1 unspecified atom stereocenters. The van der Waals surface area contributed by atoms with Gasteiger partial charge in [0.25, 0.3) is 0 Å². The second kappa shape index (κ2) is 7.12. The lowest BCUT2D eigenvalue weighted by atomic mass is 10.2. The van der Waals surface area contributed by atoms with E-state index in [1.807, 2.05) is 24.7 Å². The number of hydrogen-bond donors (Lipinski definition) is 2. The zero-order chi connectivity index (χ0) is 12.7. The topological polar surface area (TPSA) is 46.1 Å². The number of aryl methyl sites for hydroxylation is 1. The highest BCUT2D eigenvalue weighted by molar-refractivity contribution is 5.76. The third kappa shape index (κ3) is 5.54. The molecule has 0 bridgehead atoms. The molecule has 0 radical (unpaired) electrons. The van der Waals surface area contributed by atoms with Crippen molar-refractivity contribution in [2.45, 2.75) is 39.3 Å². The first-order valence-corrected chi connectivity index (χ1v) is 6.22. The van der Waals surface area contributed by atoms with Crippen molar-refractivity contribution in [3.63, 3.8) is 0 Å². The van der Waals surface area contributed by atoms with Gasteiger partial charge in [-0.3, -0.25) is 4.79 Å². The number of nitrogens with one attached hydrogen (secondary N) is 2. The average Bonchev–Trinajstić information content (AvgIpc) is 2.70. The smallest absolute Gasteiger partial charge is 0.221 e. The molecule has 1 aromatic heterocycles. The fraction of sp³-hybridized carbons (Fsp3) is 0.615. The van der Waals surface area contributed by atoms with Gasteiger partial charge < -0.3 is 15.2 Å². The van der Waals surface area contributed by atoms with E-state index >= 15 is 0 Å². The van der Waals surface area contributed by atoms with Crippen LogP contribution in [0.15, 0.2) is 18.5 Å². The molecule has 0 aliphatic rings. The summed E-state index contributed by atoms with van der Waals surface area (Å²) in [5.41, 5.74) is 1.25. The minimum absolute atomic E-state index is 0.125. The Morgan fingerprint density at radius 1 is 1.53 bits per heavy atom. The van der Waals surface area contributed by atoms with Crippen molar-refractivity contribution in [2.75, 3.05) is 6.54 Å². The highest BCUT2D eigenvalue weighted by atomic mass is 16.1. The summed E-state index contributed by atoms with van der Waals surface area (Å²) in [5.74, 6) is 0.125. The van der Waals surface area contributed by atoms with Gasteiger partial charge in [0, 0.05) is 45.0 Å². The van der Waals surface area contributed by atoms with Crippen LogP contribution in [0, 0.1) is 0 Å². The molecule has 1 aromatic rings. The third-order valence-electron chi connectivity index (χ3n) is 2.77. The van der Waals surface area contributed by atoms with Gasteiger partial charge in [-0.05, 0) is 25.0 Å². The minimum atomic E-state index is 0.125. The van der Waals surface area contributed by atoms with Crippen molar-refractivity contribution >= 4 is 5.91 Å². The van der Waals surface area contributed by atoms with Crippen molar-refractivity contribution in [2.24, 2.45) is 7.05 Å². The Kier molecular flexibility index (Phi) is 5.77. The van der Waals surface area contributed by atoms with E-state index < -0.39 is 0 Å². The summed E-state index contributed by atoms with van der Waals surface area (Å²) in [6.45, 7) is 5.63. The summed E-state index contributed by atoms with van der Waals surface area (Å²) in [5, 5.41) is 6.21. The van der Waals surface area contributed by atoms with Crippen LogP contribution in [0.1, 0.15) is 32.3 Å². The van der Waals surface area contributed by atoms with Gasteiger partial charge in [-0.15, -0.1) is 0 Å². The normalized spacial score (nSPS) is 12.4. The standard InChI is InChI=1S/C13H23N3O/c1-4-11(2)15-13(17)5-7-14-9-12-6-8-16(3)10-12/h6,8,10-11,14H,4-5,7,9H2,1-3H3,(H,15,17). The Morgan fingerprint density at radius 3 is 2.88 bits per heavy atom. The SMILES string of the molecule is CCC(C)NC(=O)CCNCc1ccn(C)c1. The second-order valence-corrected chi connectivity index (χ2v) is 4.49. The minimum Gasteiger partial charge on any atom is -0.357 e. The number of hydrogen-bond acceptors (Lipinski definition) is 2. The van der Waals surface area contributed by atoms with Crippen LogP contribution in [0.25, 0.3) is 0 Å². The average molecular weight is 237 g/mol. The van der Waals surface area contributed by atoms with E-state index in [0.717, 1.165) is 19.5 Å². The van der Waals surface area contributed by atoms with Gasteiger partial charge in [-0.2, -0.15) is 0 Å². The van der Waals surface area contributed by atoms with Gasteiger partial charge in [0.2, 0.25) is 5.91 Å². The van der Waals surface area contributed by atoms with Crippen LogP contribution < -0.4 is 10.6 Å². The van der Waals surface area contributed by atoms with E-state index in [0.29, 0.717) is 6.42 Å². The highest BCUT2D eigenvalue weighted by Gasteiger charge is 2.04. The van der Waals surface area contributed by atoms with Gasteiger partial charge in [0.05, 0.1) is 0 Å². The zero-order valence-corrected chi connectivity index (χ0v) is 11.0. The van der Waals surface area contributed by atoms with Crippen molar-refractivity contribution in [1.29, 1.82) is 0 Å². The molecule has 1 atom stereocenters. The molecule has 96 valence electrons. The summed E-state index contributed by atoms with van der Waals surface area (Å²) in [7, 11) is 2.00. The lowest BCUT2D eigenvalue weighted by molar-refractivity contribution is -0.121. The first-order chi connectivity index (χ1) is 8.11. The number of nitrogens with zero attached hydrogens (tertiary/aromatic N) is 1. The molecule has 4 heteroatoms. The molecule has 0 aliphatic heterocycles. The molecule has 0 fully saturated rings. The molecule has 0 saturated heterocycles. The van der Waals surface area contributed by atoms with Crippen LogP contribution in [0.2, 0.25) is 0 Å². The van der Waals surface area contributed by atoms with E-state index in [1.54, 1.807) is 0 Å². The monoisotopic (exact) mass is 237 g/mol. The Bertz CT molecular complexity index is 346. The van der Waals surface area contributed by atoms with Crippen LogP contribution in [0.3, 0.4) is 0 Å². The number of carbonyl (C=O) groups is 1. The van der Waals surface area contributed by atoms with E-state index in [9.17, 15) is 4.79 Å². The quantitative estimate of drug-likeness (QED) is 0.705. The van der Waals surface area contributed by atoms with Crippen LogP contribution in [0.4, 0.5) is 0 Å². The molecule has 1 rings (SSSR count). The summed E-state index contributed by atoms with van der Waals surface area (Å²) < 4.78 is 2.02. The van der Waals surface area contributed by atoms with E-state index in [-0.39, 0.29) is 11.9 Å². The molecule has 17 heavy (non-hydrogen) atoms. The molecular formula is C13H23N3O. The lowest BCUT2D eigenvalue weighted by Crippen LogP contribution is -2.33. The van der Waals surface area contributed by atoms with Crippen LogP contribution in [-0.4, -0.2) is 23.1 Å². The van der Waals surface area contributed by atoms with Crippen LogP contribution in [0.5, 0.6) is 0 Å². The molecule has 4 nitrogen and oxygen atoms in total. The fourth-order valence-electron chi connectivity index (χ4n) is 1.55. The first-order valence-electron chi connectivity index (χ1n) is 6.22. The Labute approximate surface area is 103 Å². The van der Waals surface area contributed by atoms with E-state index in [4.69, 9.17) is 0 Å². The first kappa shape index (κ1) is 13.8. The van der Waals surface area contributed by atoms with Crippen molar-refractivity contribution < 1.29 is 4.79 Å². The van der Waals surface area contributed by atoms with Crippen molar-refractivity contribution in [1.82, 2.24) is 15.2 Å². The summed E-state index contributed by atoms with van der Waals surface area (Å²) >= 11 is 0. The molecule has 1 heterocycles. The molecule has 0 spiro atoms. The Balaban J connectivity index is 2.10. The molecule has 0 saturated carbocycles. The number of amides is 1.